The molecule has 0 radical (unpaired) electrons. The molecule has 3 heteroatoms. The fourth-order valence-corrected chi connectivity index (χ4v) is 2.14. The Morgan fingerprint density at radius 2 is 1.04 bits per heavy atom. The predicted molar refractivity (Wildman–Crippen MR) is 102 cm³/mol. The summed E-state index contributed by atoms with van der Waals surface area (Å²) in [4.78, 5) is 0. The molecule has 0 aromatic heterocycles. The van der Waals surface area contributed by atoms with Crippen molar-refractivity contribution in [3.8, 4) is 0 Å². The Bertz CT molecular complexity index is 645. The van der Waals surface area contributed by atoms with E-state index in [1.807, 2.05) is 0 Å². The molecular weight excluding hydrogens is 412 g/mol. The van der Waals surface area contributed by atoms with E-state index in [9.17, 15) is 0 Å². The van der Waals surface area contributed by atoms with Crippen LogP contribution >= 0.6 is 19.4 Å². The Morgan fingerprint density at radius 1 is 0.696 bits per heavy atom. The third kappa shape index (κ3) is 6.87. The molecule has 4 aromatic rings. The normalized spacial score (nSPS) is 9.22. The van der Waals surface area contributed by atoms with Gasteiger partial charge in [0.2, 0.25) is 0 Å². The standard InChI is InChI=1S/2C9H7.C2H5.2ClH.Ru/c2*1-2-5-9-7-3-6-8(9)4-1;1-2;;;/h2*1-7H;1H2,2H3;2*1H;/q3*-1;;;+2/p-2. The number of rotatable bonds is 0. The first-order chi connectivity index (χ1) is 11.3. The van der Waals surface area contributed by atoms with Gasteiger partial charge in [-0.3, -0.25) is 0 Å². The summed E-state index contributed by atoms with van der Waals surface area (Å²) >= 11 is -0.346. The molecule has 0 nitrogen and oxygen atoms in total. The number of hydrogen-bond donors (Lipinski definition) is 0. The van der Waals surface area contributed by atoms with Crippen LogP contribution in [0.2, 0.25) is 0 Å². The molecule has 0 spiro atoms. The van der Waals surface area contributed by atoms with Crippen LogP contribution in [0.15, 0.2) is 84.9 Å². The summed E-state index contributed by atoms with van der Waals surface area (Å²) in [6.07, 6.45) is 0. The maximum Gasteiger partial charge on any atom is -0.0809 e. The first-order valence-corrected chi connectivity index (χ1v) is 11.6. The van der Waals surface area contributed by atoms with Gasteiger partial charge in [-0.1, -0.05) is 12.1 Å². The molecule has 0 fully saturated rings. The van der Waals surface area contributed by atoms with Crippen molar-refractivity contribution in [3.63, 3.8) is 0 Å². The number of halogens is 2. The Hall–Kier alpha value is -1.14. The molecule has 0 aliphatic rings. The molecule has 0 aliphatic carbocycles. The van der Waals surface area contributed by atoms with Gasteiger partial charge in [0.05, 0.1) is 0 Å². The van der Waals surface area contributed by atoms with Crippen LogP contribution in [-0.4, -0.2) is 0 Å². The third-order valence-corrected chi connectivity index (χ3v) is 3.10. The maximum atomic E-state index is 4.85. The monoisotopic (exact) mass is 431 g/mol. The molecule has 0 saturated heterocycles. The minimum absolute atomic E-state index is 0.346. The van der Waals surface area contributed by atoms with Crippen LogP contribution in [-0.2, 0) is 15.1 Å². The summed E-state index contributed by atoms with van der Waals surface area (Å²) in [6.45, 7) is 5.00. The Balaban J connectivity index is 0.000000181. The molecule has 0 N–H and O–H groups in total. The van der Waals surface area contributed by atoms with E-state index in [0.717, 1.165) is 0 Å². The molecular formula is C20H19Cl2Ru-3. The van der Waals surface area contributed by atoms with Crippen LogP contribution in [0.5, 0.6) is 0 Å². The van der Waals surface area contributed by atoms with Gasteiger partial charge in [-0.25, -0.2) is 0 Å². The molecule has 23 heavy (non-hydrogen) atoms. The first kappa shape index (κ1) is 19.9. The zero-order chi connectivity index (χ0) is 16.9. The van der Waals surface area contributed by atoms with Crippen molar-refractivity contribution in [1.29, 1.82) is 0 Å². The summed E-state index contributed by atoms with van der Waals surface area (Å²) in [6, 6.07) is 29.3. The van der Waals surface area contributed by atoms with Gasteiger partial charge < -0.3 is 6.92 Å². The van der Waals surface area contributed by atoms with E-state index in [1.54, 1.807) is 6.92 Å². The second kappa shape index (κ2) is 12.3. The zero-order valence-electron chi connectivity index (χ0n) is 12.9. The van der Waals surface area contributed by atoms with Crippen molar-refractivity contribution >= 4 is 40.9 Å². The van der Waals surface area contributed by atoms with Crippen molar-refractivity contribution in [1.82, 2.24) is 0 Å². The van der Waals surface area contributed by atoms with E-state index < -0.39 is 0 Å². The van der Waals surface area contributed by atoms with Crippen LogP contribution in [0.25, 0.3) is 21.5 Å². The topological polar surface area (TPSA) is 0 Å². The van der Waals surface area contributed by atoms with Crippen LogP contribution in [0.3, 0.4) is 0 Å². The van der Waals surface area contributed by atoms with Crippen molar-refractivity contribution < 1.29 is 15.1 Å². The summed E-state index contributed by atoms with van der Waals surface area (Å²) in [5.74, 6) is 0. The van der Waals surface area contributed by atoms with E-state index in [1.165, 1.54) is 21.5 Å². The number of benzene rings is 2. The van der Waals surface area contributed by atoms with Crippen LogP contribution < -0.4 is 0 Å². The average molecular weight is 431 g/mol. The summed E-state index contributed by atoms with van der Waals surface area (Å²) in [7, 11) is 9.71. The van der Waals surface area contributed by atoms with Gasteiger partial charge in [0.15, 0.2) is 0 Å². The van der Waals surface area contributed by atoms with E-state index in [4.69, 9.17) is 19.4 Å². The fourth-order valence-electron chi connectivity index (χ4n) is 2.14. The smallest absolute Gasteiger partial charge is 0.0809 e. The molecule has 124 valence electrons. The molecule has 0 saturated carbocycles. The van der Waals surface area contributed by atoms with Crippen LogP contribution in [0, 0.1) is 6.92 Å². The fraction of sp³-hybridized carbons (Fsp3) is 0.0500. The van der Waals surface area contributed by atoms with E-state index in [0.29, 0.717) is 0 Å². The second-order valence-electron chi connectivity index (χ2n) is 4.36. The van der Waals surface area contributed by atoms with Crippen molar-refractivity contribution in [3.05, 3.63) is 91.9 Å². The van der Waals surface area contributed by atoms with Gasteiger partial charge in [-0.2, -0.15) is 42.0 Å². The van der Waals surface area contributed by atoms with Crippen molar-refractivity contribution in [2.45, 2.75) is 6.92 Å². The molecule has 0 bridgehead atoms. The summed E-state index contributed by atoms with van der Waals surface area (Å²) in [5.41, 5.74) is 0. The Kier molecular flexibility index (Phi) is 10.7. The predicted octanol–water partition coefficient (Wildman–Crippen LogP) is 7.33. The van der Waals surface area contributed by atoms with Crippen LogP contribution in [0.4, 0.5) is 0 Å². The Morgan fingerprint density at radius 3 is 1.39 bits per heavy atom. The third-order valence-electron chi connectivity index (χ3n) is 3.10. The van der Waals surface area contributed by atoms with Gasteiger partial charge in [0.1, 0.15) is 0 Å². The van der Waals surface area contributed by atoms with Crippen molar-refractivity contribution in [2.24, 2.45) is 0 Å². The molecule has 0 heterocycles. The van der Waals surface area contributed by atoms with Crippen molar-refractivity contribution in [2.75, 3.05) is 0 Å². The van der Waals surface area contributed by atoms with Gasteiger partial charge in [0, 0.05) is 0 Å². The largest absolute Gasteiger partial charge is 0.168 e. The van der Waals surface area contributed by atoms with Gasteiger partial charge >= 0.3 is 34.5 Å². The maximum absolute atomic E-state index is 4.85. The Labute approximate surface area is 154 Å². The molecule has 4 rings (SSSR count). The SMILES string of the molecule is [CH2-]C.[Cl][Ru][Cl].c1ccc2[cH-]ccc2c1.c1ccc2[cH-]ccc2c1. The quantitative estimate of drug-likeness (QED) is 0.202. The minimum atomic E-state index is -0.346. The molecule has 4 aromatic carbocycles. The number of fused-ring (bicyclic) bond motifs is 2. The first-order valence-electron chi connectivity index (χ1n) is 7.12. The summed E-state index contributed by atoms with van der Waals surface area (Å²) in [5, 5.41) is 5.32. The molecule has 0 aliphatic heterocycles. The van der Waals surface area contributed by atoms with Gasteiger partial charge in [-0.15, -0.1) is 59.3 Å². The minimum Gasteiger partial charge on any atom is -0.168 e. The van der Waals surface area contributed by atoms with Crippen LogP contribution in [0.1, 0.15) is 6.92 Å². The van der Waals surface area contributed by atoms with Gasteiger partial charge in [0.25, 0.3) is 0 Å². The van der Waals surface area contributed by atoms with E-state index in [-0.39, 0.29) is 15.1 Å². The van der Waals surface area contributed by atoms with E-state index >= 15 is 0 Å². The second-order valence-corrected chi connectivity index (χ2v) is 7.00. The van der Waals surface area contributed by atoms with Gasteiger partial charge in [-0.05, 0) is 0 Å². The van der Waals surface area contributed by atoms with E-state index in [2.05, 4.69) is 91.9 Å². The number of hydrogen-bond acceptors (Lipinski definition) is 0. The molecule has 0 amide bonds. The molecule has 0 unspecified atom stereocenters. The summed E-state index contributed by atoms with van der Waals surface area (Å²) < 4.78 is 0. The average Bonchev–Trinajstić information content (AvgIpc) is 3.27. The zero-order valence-corrected chi connectivity index (χ0v) is 16.1. The molecule has 0 atom stereocenters.